The average molecular weight is 224 g/mol. The zero-order valence-corrected chi connectivity index (χ0v) is 8.77. The van der Waals surface area contributed by atoms with E-state index in [9.17, 15) is 4.39 Å². The van der Waals surface area contributed by atoms with Crippen LogP contribution in [0.4, 0.5) is 10.1 Å². The van der Waals surface area contributed by atoms with Gasteiger partial charge < -0.3 is 14.8 Å². The number of anilines is 1. The largest absolute Gasteiger partial charge is 0.411 e. The summed E-state index contributed by atoms with van der Waals surface area (Å²) in [5, 5.41) is 11.2. The molecule has 2 rings (SSSR count). The summed E-state index contributed by atoms with van der Waals surface area (Å²) in [5.41, 5.74) is 1.11. The number of ether oxygens (including phenoxy) is 1. The Hall–Kier alpha value is -1.62. The third kappa shape index (κ3) is 2.30. The van der Waals surface area contributed by atoms with Crippen LogP contribution in [0.5, 0.6) is 0 Å². The highest BCUT2D eigenvalue weighted by Gasteiger charge is 2.14. The van der Waals surface area contributed by atoms with Gasteiger partial charge in [0.05, 0.1) is 25.1 Å². The van der Waals surface area contributed by atoms with Gasteiger partial charge in [-0.1, -0.05) is 11.2 Å². The summed E-state index contributed by atoms with van der Waals surface area (Å²) in [7, 11) is 0. The van der Waals surface area contributed by atoms with Gasteiger partial charge in [0.1, 0.15) is 5.82 Å². The molecule has 1 aromatic rings. The van der Waals surface area contributed by atoms with Crippen LogP contribution in [-0.2, 0) is 4.74 Å². The smallest absolute Gasteiger partial charge is 0.147 e. The number of benzene rings is 1. The van der Waals surface area contributed by atoms with E-state index < -0.39 is 0 Å². The van der Waals surface area contributed by atoms with E-state index in [2.05, 4.69) is 5.16 Å². The molecule has 0 radical (unpaired) electrons. The zero-order chi connectivity index (χ0) is 11.4. The Balaban J connectivity index is 2.21. The summed E-state index contributed by atoms with van der Waals surface area (Å²) in [6.45, 7) is 2.65. The molecule has 0 unspecified atom stereocenters. The number of oxime groups is 1. The van der Waals surface area contributed by atoms with Gasteiger partial charge >= 0.3 is 0 Å². The number of hydrogen-bond acceptors (Lipinski definition) is 4. The Bertz CT molecular complexity index is 390. The summed E-state index contributed by atoms with van der Waals surface area (Å²) < 4.78 is 18.9. The van der Waals surface area contributed by atoms with Gasteiger partial charge in [0.25, 0.3) is 0 Å². The second-order valence-electron chi connectivity index (χ2n) is 3.55. The van der Waals surface area contributed by atoms with Crippen molar-refractivity contribution in [2.24, 2.45) is 5.16 Å². The van der Waals surface area contributed by atoms with E-state index >= 15 is 0 Å². The molecule has 1 aliphatic heterocycles. The van der Waals surface area contributed by atoms with E-state index in [1.54, 1.807) is 12.1 Å². The minimum absolute atomic E-state index is 0.306. The highest BCUT2D eigenvalue weighted by molar-refractivity contribution is 5.80. The fourth-order valence-corrected chi connectivity index (χ4v) is 1.73. The predicted molar refractivity (Wildman–Crippen MR) is 58.8 cm³/mol. The molecule has 1 saturated heterocycles. The Morgan fingerprint density at radius 2 is 2.12 bits per heavy atom. The van der Waals surface area contributed by atoms with Crippen molar-refractivity contribution in [3.05, 3.63) is 29.6 Å². The first kappa shape index (κ1) is 10.9. The van der Waals surface area contributed by atoms with Gasteiger partial charge in [-0.25, -0.2) is 4.39 Å². The lowest BCUT2D eigenvalue weighted by atomic mass is 10.2. The van der Waals surface area contributed by atoms with E-state index in [1.165, 1.54) is 12.3 Å². The van der Waals surface area contributed by atoms with E-state index in [4.69, 9.17) is 9.94 Å². The van der Waals surface area contributed by atoms with Crippen LogP contribution in [0.3, 0.4) is 0 Å². The fourth-order valence-electron chi connectivity index (χ4n) is 1.73. The molecule has 1 aliphatic rings. The van der Waals surface area contributed by atoms with Crippen molar-refractivity contribution in [2.45, 2.75) is 0 Å². The van der Waals surface area contributed by atoms with Crippen molar-refractivity contribution in [1.29, 1.82) is 0 Å². The van der Waals surface area contributed by atoms with E-state index in [1.807, 2.05) is 4.90 Å². The van der Waals surface area contributed by atoms with Gasteiger partial charge in [0.15, 0.2) is 0 Å². The first-order valence-electron chi connectivity index (χ1n) is 5.11. The molecule has 0 amide bonds. The molecule has 4 nitrogen and oxygen atoms in total. The number of hydrogen-bond donors (Lipinski definition) is 1. The number of rotatable bonds is 2. The standard InChI is InChI=1S/C11H13FN2O2/c12-10-7-9(8-13-15)1-2-11(10)14-3-5-16-6-4-14/h1-2,7-8,15H,3-6H2. The summed E-state index contributed by atoms with van der Waals surface area (Å²) in [4.78, 5) is 1.94. The van der Waals surface area contributed by atoms with Crippen LogP contribution in [0.25, 0.3) is 0 Å². The second kappa shape index (κ2) is 4.94. The van der Waals surface area contributed by atoms with Crippen LogP contribution < -0.4 is 4.90 Å². The summed E-state index contributed by atoms with van der Waals surface area (Å²) >= 11 is 0. The maximum atomic E-state index is 13.7. The number of halogens is 1. The molecule has 5 heteroatoms. The topological polar surface area (TPSA) is 45.1 Å². The summed E-state index contributed by atoms with van der Waals surface area (Å²) in [5.74, 6) is -0.306. The maximum absolute atomic E-state index is 13.7. The van der Waals surface area contributed by atoms with Crippen LogP contribution in [0.15, 0.2) is 23.4 Å². The summed E-state index contributed by atoms with van der Waals surface area (Å²) in [6, 6.07) is 4.76. The molecule has 1 heterocycles. The lowest BCUT2D eigenvalue weighted by molar-refractivity contribution is 0.122. The lowest BCUT2D eigenvalue weighted by Gasteiger charge is -2.29. The minimum atomic E-state index is -0.306. The van der Waals surface area contributed by atoms with Crippen LogP contribution in [0.1, 0.15) is 5.56 Å². The monoisotopic (exact) mass is 224 g/mol. The van der Waals surface area contributed by atoms with Crippen LogP contribution in [0.2, 0.25) is 0 Å². The first-order valence-corrected chi connectivity index (χ1v) is 5.11. The van der Waals surface area contributed by atoms with Gasteiger partial charge in [0.2, 0.25) is 0 Å². The summed E-state index contributed by atoms with van der Waals surface area (Å²) in [6.07, 6.45) is 1.20. The van der Waals surface area contributed by atoms with E-state index in [0.29, 0.717) is 37.6 Å². The maximum Gasteiger partial charge on any atom is 0.147 e. The highest BCUT2D eigenvalue weighted by Crippen LogP contribution is 2.20. The average Bonchev–Trinajstić information content (AvgIpc) is 2.31. The van der Waals surface area contributed by atoms with Crippen molar-refractivity contribution >= 4 is 11.9 Å². The Morgan fingerprint density at radius 1 is 1.38 bits per heavy atom. The normalized spacial score (nSPS) is 16.9. The molecular weight excluding hydrogens is 211 g/mol. The van der Waals surface area contributed by atoms with E-state index in [0.717, 1.165) is 0 Å². The zero-order valence-electron chi connectivity index (χ0n) is 8.77. The second-order valence-corrected chi connectivity index (χ2v) is 3.55. The predicted octanol–water partition coefficient (Wildman–Crippen LogP) is 1.47. The van der Waals surface area contributed by atoms with Gasteiger partial charge in [-0.15, -0.1) is 0 Å². The molecule has 1 aromatic carbocycles. The quantitative estimate of drug-likeness (QED) is 0.470. The highest BCUT2D eigenvalue weighted by atomic mass is 19.1. The number of nitrogens with zero attached hydrogens (tertiary/aromatic N) is 2. The molecular formula is C11H13FN2O2. The van der Waals surface area contributed by atoms with Crippen LogP contribution >= 0.6 is 0 Å². The molecule has 0 aliphatic carbocycles. The van der Waals surface area contributed by atoms with Gasteiger partial charge in [-0.2, -0.15) is 0 Å². The lowest BCUT2D eigenvalue weighted by Crippen LogP contribution is -2.36. The van der Waals surface area contributed by atoms with Crippen molar-refractivity contribution in [3.63, 3.8) is 0 Å². The Kier molecular flexibility index (Phi) is 3.36. The van der Waals surface area contributed by atoms with Gasteiger partial charge in [0, 0.05) is 13.1 Å². The fraction of sp³-hybridized carbons (Fsp3) is 0.364. The number of morpholine rings is 1. The SMILES string of the molecule is ON=Cc1ccc(N2CCOCC2)c(F)c1. The molecule has 86 valence electrons. The van der Waals surface area contributed by atoms with E-state index in [-0.39, 0.29) is 5.82 Å². The van der Waals surface area contributed by atoms with Crippen molar-refractivity contribution in [1.82, 2.24) is 0 Å². The Labute approximate surface area is 92.9 Å². The molecule has 0 bridgehead atoms. The third-order valence-corrected chi connectivity index (χ3v) is 2.53. The van der Waals surface area contributed by atoms with Crippen LogP contribution in [0, 0.1) is 5.82 Å². The third-order valence-electron chi connectivity index (χ3n) is 2.53. The molecule has 1 fully saturated rings. The first-order chi connectivity index (χ1) is 7.81. The van der Waals surface area contributed by atoms with Gasteiger partial charge in [-0.05, 0) is 17.7 Å². The molecule has 16 heavy (non-hydrogen) atoms. The van der Waals surface area contributed by atoms with Crippen molar-refractivity contribution < 1.29 is 14.3 Å². The van der Waals surface area contributed by atoms with Crippen LogP contribution in [-0.4, -0.2) is 37.7 Å². The Morgan fingerprint density at radius 3 is 2.75 bits per heavy atom. The van der Waals surface area contributed by atoms with Crippen molar-refractivity contribution in [3.8, 4) is 0 Å². The molecule has 0 aromatic heterocycles. The molecule has 1 N–H and O–H groups in total. The van der Waals surface area contributed by atoms with Crippen molar-refractivity contribution in [2.75, 3.05) is 31.2 Å². The molecule has 0 spiro atoms. The minimum Gasteiger partial charge on any atom is -0.411 e. The molecule has 0 saturated carbocycles. The molecule has 0 atom stereocenters. The van der Waals surface area contributed by atoms with Gasteiger partial charge in [-0.3, -0.25) is 0 Å².